The number of hydrogen-bond acceptors (Lipinski definition) is 3. The number of benzene rings is 2. The fourth-order valence-corrected chi connectivity index (χ4v) is 3.87. The highest BCUT2D eigenvalue weighted by Crippen LogP contribution is 2.29. The highest BCUT2D eigenvalue weighted by Gasteiger charge is 2.19. The Morgan fingerprint density at radius 2 is 1.68 bits per heavy atom. The normalized spacial score (nSPS) is 11.1. The molecule has 4 rings (SSSR count). The minimum absolute atomic E-state index is 0.0979. The summed E-state index contributed by atoms with van der Waals surface area (Å²) in [5, 5.41) is 7.61. The van der Waals surface area contributed by atoms with Crippen molar-refractivity contribution in [1.29, 1.82) is 0 Å². The van der Waals surface area contributed by atoms with E-state index < -0.39 is 0 Å². The van der Waals surface area contributed by atoms with Gasteiger partial charge < -0.3 is 5.32 Å². The largest absolute Gasteiger partial charge is 0.326 e. The van der Waals surface area contributed by atoms with Crippen LogP contribution in [0, 0.1) is 26.6 Å². The smallest absolute Gasteiger partial charge is 0.228 e. The third-order valence-corrected chi connectivity index (χ3v) is 5.62. The molecule has 0 aliphatic carbocycles. The minimum atomic E-state index is -0.282. The number of aromatic nitrogens is 3. The minimum Gasteiger partial charge on any atom is -0.326 e. The van der Waals surface area contributed by atoms with Crippen molar-refractivity contribution in [1.82, 2.24) is 14.6 Å². The number of nitrogens with zero attached hydrogens (tertiary/aromatic N) is 3. The summed E-state index contributed by atoms with van der Waals surface area (Å²) in [6.07, 6.45) is 1.17. The third kappa shape index (κ3) is 4.06. The van der Waals surface area contributed by atoms with Crippen LogP contribution < -0.4 is 5.32 Å². The number of carbonyl (C=O) groups is 1. The van der Waals surface area contributed by atoms with Crippen molar-refractivity contribution in [2.24, 2.45) is 0 Å². The number of aryl methyl sites for hydroxylation is 4. The Morgan fingerprint density at radius 3 is 2.32 bits per heavy atom. The van der Waals surface area contributed by atoms with E-state index in [0.29, 0.717) is 5.65 Å². The number of nitrogens with one attached hydrogen (secondary N) is 1. The van der Waals surface area contributed by atoms with Crippen molar-refractivity contribution in [2.45, 2.75) is 40.5 Å². The Bertz CT molecular complexity index is 1260. The molecule has 0 atom stereocenters. The second-order valence-corrected chi connectivity index (χ2v) is 7.74. The number of rotatable bonds is 5. The number of hydrogen-bond donors (Lipinski definition) is 1. The molecule has 158 valence electrons. The summed E-state index contributed by atoms with van der Waals surface area (Å²) in [7, 11) is 0. The molecule has 4 aromatic rings. The van der Waals surface area contributed by atoms with Gasteiger partial charge in [-0.25, -0.2) is 13.9 Å². The molecular weight excluding hydrogens is 391 g/mol. The average molecular weight is 417 g/mol. The topological polar surface area (TPSA) is 59.3 Å². The molecule has 0 fully saturated rings. The van der Waals surface area contributed by atoms with Crippen LogP contribution in [0.3, 0.4) is 0 Å². The highest BCUT2D eigenvalue weighted by atomic mass is 19.1. The third-order valence-electron chi connectivity index (χ3n) is 5.62. The Kier molecular flexibility index (Phi) is 5.55. The first-order chi connectivity index (χ1) is 14.9. The van der Waals surface area contributed by atoms with Gasteiger partial charge in [0.1, 0.15) is 5.82 Å². The molecule has 2 aromatic heterocycles. The summed E-state index contributed by atoms with van der Waals surface area (Å²) in [4.78, 5) is 17.5. The Hall–Kier alpha value is -3.54. The number of fused-ring (bicyclic) bond motifs is 1. The van der Waals surface area contributed by atoms with Gasteiger partial charge in [0, 0.05) is 28.2 Å². The summed E-state index contributed by atoms with van der Waals surface area (Å²) >= 11 is 0. The lowest BCUT2D eigenvalue weighted by atomic mass is 10.0. The maximum absolute atomic E-state index is 13.4. The molecule has 0 saturated carbocycles. The van der Waals surface area contributed by atoms with Crippen molar-refractivity contribution >= 4 is 17.2 Å². The van der Waals surface area contributed by atoms with Gasteiger partial charge in [0.15, 0.2) is 5.65 Å². The van der Waals surface area contributed by atoms with E-state index in [1.165, 1.54) is 17.7 Å². The Balaban J connectivity index is 1.66. The van der Waals surface area contributed by atoms with Gasteiger partial charge in [0.25, 0.3) is 0 Å². The Morgan fingerprint density at radius 1 is 1.00 bits per heavy atom. The Labute approximate surface area is 181 Å². The molecule has 0 saturated heterocycles. The van der Waals surface area contributed by atoms with Crippen molar-refractivity contribution in [3.05, 3.63) is 82.6 Å². The number of carbonyl (C=O) groups excluding carboxylic acids is 1. The monoisotopic (exact) mass is 416 g/mol. The molecule has 0 aliphatic heterocycles. The van der Waals surface area contributed by atoms with E-state index >= 15 is 0 Å². The lowest BCUT2D eigenvalue weighted by Crippen LogP contribution is -2.17. The van der Waals surface area contributed by atoms with Gasteiger partial charge in [0.05, 0.1) is 12.1 Å². The first-order valence-corrected chi connectivity index (χ1v) is 10.4. The molecular formula is C25H25FN4O. The molecule has 0 spiro atoms. The highest BCUT2D eigenvalue weighted by molar-refractivity contribution is 5.92. The summed E-state index contributed by atoms with van der Waals surface area (Å²) in [5.41, 5.74) is 7.76. The van der Waals surface area contributed by atoms with E-state index in [2.05, 4.69) is 17.3 Å². The second-order valence-electron chi connectivity index (χ2n) is 7.74. The van der Waals surface area contributed by atoms with E-state index in [4.69, 9.17) is 4.98 Å². The fourth-order valence-electron chi connectivity index (χ4n) is 3.87. The van der Waals surface area contributed by atoms with Crippen LogP contribution in [0.25, 0.3) is 16.8 Å². The summed E-state index contributed by atoms with van der Waals surface area (Å²) in [6.45, 7) is 7.86. The van der Waals surface area contributed by atoms with E-state index in [-0.39, 0.29) is 18.1 Å². The predicted molar refractivity (Wildman–Crippen MR) is 121 cm³/mol. The number of amides is 1. The van der Waals surface area contributed by atoms with E-state index in [1.807, 2.05) is 45.0 Å². The van der Waals surface area contributed by atoms with Crippen LogP contribution in [0.5, 0.6) is 0 Å². The standard InChI is InChI=1S/C25H25FN4O/c1-5-18-6-12-21(13-7-18)28-23(31)14-22-15(2)27-25-24(16(3)29-30(25)17(22)4)19-8-10-20(26)11-9-19/h6-13H,5,14H2,1-4H3,(H,28,31). The van der Waals surface area contributed by atoms with Crippen LogP contribution in [-0.2, 0) is 17.6 Å². The maximum Gasteiger partial charge on any atom is 0.228 e. The van der Waals surface area contributed by atoms with Gasteiger partial charge in [-0.05, 0) is 62.6 Å². The average Bonchev–Trinajstić information content (AvgIpc) is 3.08. The molecule has 2 heterocycles. The van der Waals surface area contributed by atoms with Crippen LogP contribution >= 0.6 is 0 Å². The molecule has 2 aromatic carbocycles. The molecule has 31 heavy (non-hydrogen) atoms. The maximum atomic E-state index is 13.4. The van der Waals surface area contributed by atoms with Gasteiger partial charge >= 0.3 is 0 Å². The quantitative estimate of drug-likeness (QED) is 0.486. The molecule has 5 nitrogen and oxygen atoms in total. The van der Waals surface area contributed by atoms with Crippen LogP contribution in [0.2, 0.25) is 0 Å². The van der Waals surface area contributed by atoms with Gasteiger partial charge in [-0.15, -0.1) is 0 Å². The van der Waals surface area contributed by atoms with Crippen molar-refractivity contribution in [3.8, 4) is 11.1 Å². The summed E-state index contributed by atoms with van der Waals surface area (Å²) < 4.78 is 15.1. The molecule has 0 aliphatic rings. The van der Waals surface area contributed by atoms with E-state index in [1.54, 1.807) is 16.6 Å². The molecule has 6 heteroatoms. The van der Waals surface area contributed by atoms with Crippen LogP contribution in [-0.4, -0.2) is 20.5 Å². The number of anilines is 1. The molecule has 1 N–H and O–H groups in total. The SMILES string of the molecule is CCc1ccc(NC(=O)Cc2c(C)nc3c(-c4ccc(F)cc4)c(C)nn3c2C)cc1. The zero-order chi connectivity index (χ0) is 22.1. The van der Waals surface area contributed by atoms with Gasteiger partial charge in [-0.1, -0.05) is 31.2 Å². The molecule has 1 amide bonds. The predicted octanol–water partition coefficient (Wildman–Crippen LogP) is 5.20. The summed E-state index contributed by atoms with van der Waals surface area (Å²) in [5.74, 6) is -0.380. The van der Waals surface area contributed by atoms with Crippen LogP contribution in [0.15, 0.2) is 48.5 Å². The van der Waals surface area contributed by atoms with Crippen LogP contribution in [0.1, 0.15) is 35.1 Å². The summed E-state index contributed by atoms with van der Waals surface area (Å²) in [6, 6.07) is 14.2. The van der Waals surface area contributed by atoms with Gasteiger partial charge in [0.2, 0.25) is 5.91 Å². The lowest BCUT2D eigenvalue weighted by Gasteiger charge is -2.12. The van der Waals surface area contributed by atoms with E-state index in [9.17, 15) is 9.18 Å². The second kappa shape index (κ2) is 8.30. The van der Waals surface area contributed by atoms with Crippen LogP contribution in [0.4, 0.5) is 10.1 Å². The molecule has 0 radical (unpaired) electrons. The van der Waals surface area contributed by atoms with Gasteiger partial charge in [-0.3, -0.25) is 4.79 Å². The fraction of sp³-hybridized carbons (Fsp3) is 0.240. The molecule has 0 unspecified atom stereocenters. The molecule has 0 bridgehead atoms. The number of halogens is 1. The van der Waals surface area contributed by atoms with Crippen molar-refractivity contribution in [3.63, 3.8) is 0 Å². The first kappa shape index (κ1) is 20.7. The van der Waals surface area contributed by atoms with E-state index in [0.717, 1.165) is 45.9 Å². The zero-order valence-corrected chi connectivity index (χ0v) is 18.2. The van der Waals surface area contributed by atoms with Gasteiger partial charge in [-0.2, -0.15) is 5.10 Å². The lowest BCUT2D eigenvalue weighted by molar-refractivity contribution is -0.115. The zero-order valence-electron chi connectivity index (χ0n) is 18.2. The van der Waals surface area contributed by atoms with Crippen molar-refractivity contribution in [2.75, 3.05) is 5.32 Å². The first-order valence-electron chi connectivity index (χ1n) is 10.4. The van der Waals surface area contributed by atoms with Crippen molar-refractivity contribution < 1.29 is 9.18 Å².